The molecule has 0 aliphatic heterocycles. The molecule has 0 spiro atoms. The van der Waals surface area contributed by atoms with E-state index in [2.05, 4.69) is 6.92 Å². The Morgan fingerprint density at radius 1 is 0.731 bits per heavy atom. The summed E-state index contributed by atoms with van der Waals surface area (Å²) in [4.78, 5) is 30.5. The molecule has 154 valence electrons. The zero-order chi connectivity index (χ0) is 20.4. The van der Waals surface area contributed by atoms with Crippen LogP contribution in [0.4, 0.5) is 0 Å². The van der Waals surface area contributed by atoms with Crippen molar-refractivity contribution in [2.75, 3.05) is 6.54 Å². The van der Waals surface area contributed by atoms with Crippen molar-refractivity contribution in [3.05, 3.63) is 0 Å². The Labute approximate surface area is 155 Å². The monoisotopic (exact) mass is 377 g/mol. The predicted molar refractivity (Wildman–Crippen MR) is 98.0 cm³/mol. The Hall–Kier alpha value is -1.67. The number of rotatable bonds is 15. The van der Waals surface area contributed by atoms with Crippen molar-refractivity contribution >= 4 is 17.9 Å². The van der Waals surface area contributed by atoms with Gasteiger partial charge in [0.05, 0.1) is 12.8 Å². The fourth-order valence-corrected chi connectivity index (χ4v) is 2.35. The summed E-state index contributed by atoms with van der Waals surface area (Å²) in [6.07, 6.45) is 11.6. The van der Waals surface area contributed by atoms with Gasteiger partial charge in [0.15, 0.2) is 5.60 Å². The molecule has 0 aliphatic rings. The number of carbonyl (C=O) groups is 3. The van der Waals surface area contributed by atoms with Crippen LogP contribution in [0, 0.1) is 0 Å². The van der Waals surface area contributed by atoms with Crippen molar-refractivity contribution in [1.29, 1.82) is 0 Å². The van der Waals surface area contributed by atoms with E-state index in [4.69, 9.17) is 26.2 Å². The van der Waals surface area contributed by atoms with Crippen molar-refractivity contribution in [2.45, 2.75) is 89.6 Å². The Morgan fingerprint density at radius 3 is 1.35 bits per heavy atom. The second-order valence-electron chi connectivity index (χ2n) is 6.45. The van der Waals surface area contributed by atoms with E-state index in [0.29, 0.717) is 0 Å². The topological polar surface area (TPSA) is 158 Å². The maximum absolute atomic E-state index is 10.3. The Bertz CT molecular complexity index is 373. The zero-order valence-electron chi connectivity index (χ0n) is 15.8. The number of aliphatic carboxylic acids is 3. The van der Waals surface area contributed by atoms with Gasteiger partial charge in [0.2, 0.25) is 0 Å². The molecule has 0 fully saturated rings. The first-order valence-corrected chi connectivity index (χ1v) is 9.29. The summed E-state index contributed by atoms with van der Waals surface area (Å²) in [6.45, 7) is 3.14. The minimum Gasteiger partial charge on any atom is -0.481 e. The molecule has 0 aromatic rings. The maximum atomic E-state index is 10.3. The Morgan fingerprint density at radius 2 is 1.08 bits per heavy atom. The van der Waals surface area contributed by atoms with Gasteiger partial charge in [0, 0.05) is 0 Å². The molecule has 0 radical (unpaired) electrons. The van der Waals surface area contributed by atoms with Crippen molar-refractivity contribution in [1.82, 2.24) is 0 Å². The summed E-state index contributed by atoms with van der Waals surface area (Å²) in [5, 5.41) is 33.8. The van der Waals surface area contributed by atoms with Crippen LogP contribution in [0.3, 0.4) is 0 Å². The fourth-order valence-electron chi connectivity index (χ4n) is 2.35. The van der Waals surface area contributed by atoms with Crippen molar-refractivity contribution in [2.24, 2.45) is 5.73 Å². The summed E-state index contributed by atoms with van der Waals surface area (Å²) in [6, 6.07) is 0. The Kier molecular flexibility index (Phi) is 17.1. The lowest BCUT2D eigenvalue weighted by Crippen LogP contribution is -2.42. The van der Waals surface area contributed by atoms with Crippen LogP contribution < -0.4 is 5.73 Å². The standard InChI is InChI=1S/C12H27N.C6H8O7/c1-2-3-4-5-6-7-8-9-10-11-12-13;7-3(8)1-6(13,5(11)12)2-4(9)10/h2-13H2,1H3;13H,1-2H2,(H,7,8)(H,9,10)(H,11,12). The summed E-state index contributed by atoms with van der Waals surface area (Å²) in [5.74, 6) is -5.02. The number of carboxylic acid groups (broad SMARTS) is 3. The summed E-state index contributed by atoms with van der Waals surface area (Å²) < 4.78 is 0. The molecular formula is C18H35NO7. The highest BCUT2D eigenvalue weighted by molar-refractivity contribution is 5.88. The van der Waals surface area contributed by atoms with E-state index < -0.39 is 36.4 Å². The van der Waals surface area contributed by atoms with E-state index >= 15 is 0 Å². The first-order chi connectivity index (χ1) is 12.2. The smallest absolute Gasteiger partial charge is 0.336 e. The number of nitrogens with two attached hydrogens (primary N) is 1. The van der Waals surface area contributed by atoms with Gasteiger partial charge >= 0.3 is 17.9 Å². The van der Waals surface area contributed by atoms with Gasteiger partial charge in [-0.3, -0.25) is 9.59 Å². The van der Waals surface area contributed by atoms with Crippen LogP contribution in [-0.4, -0.2) is 50.5 Å². The van der Waals surface area contributed by atoms with Gasteiger partial charge in [-0.2, -0.15) is 0 Å². The fraction of sp³-hybridized carbons (Fsp3) is 0.833. The molecule has 0 unspecified atom stereocenters. The van der Waals surface area contributed by atoms with Crippen LogP contribution in [0.5, 0.6) is 0 Å². The van der Waals surface area contributed by atoms with E-state index in [1.54, 1.807) is 0 Å². The molecular weight excluding hydrogens is 342 g/mol. The zero-order valence-corrected chi connectivity index (χ0v) is 15.8. The molecule has 0 aromatic heterocycles. The lowest BCUT2D eigenvalue weighted by atomic mass is 9.96. The normalized spacial score (nSPS) is 10.7. The number of carboxylic acids is 3. The minimum atomic E-state index is -2.74. The molecule has 0 rings (SSSR count). The highest BCUT2D eigenvalue weighted by Crippen LogP contribution is 2.15. The molecule has 0 aliphatic carbocycles. The third-order valence-electron chi connectivity index (χ3n) is 3.84. The largest absolute Gasteiger partial charge is 0.481 e. The van der Waals surface area contributed by atoms with Gasteiger partial charge in [0.25, 0.3) is 0 Å². The van der Waals surface area contributed by atoms with Crippen LogP contribution in [0.15, 0.2) is 0 Å². The van der Waals surface area contributed by atoms with E-state index in [9.17, 15) is 14.4 Å². The molecule has 0 saturated carbocycles. The highest BCUT2D eigenvalue weighted by Gasteiger charge is 2.40. The van der Waals surface area contributed by atoms with Crippen molar-refractivity contribution < 1.29 is 34.8 Å². The van der Waals surface area contributed by atoms with Gasteiger partial charge in [-0.15, -0.1) is 0 Å². The lowest BCUT2D eigenvalue weighted by molar-refractivity contribution is -0.170. The average Bonchev–Trinajstić information content (AvgIpc) is 2.52. The van der Waals surface area contributed by atoms with Crippen LogP contribution in [-0.2, 0) is 14.4 Å². The lowest BCUT2D eigenvalue weighted by Gasteiger charge is -2.18. The van der Waals surface area contributed by atoms with Crippen LogP contribution in [0.2, 0.25) is 0 Å². The predicted octanol–water partition coefficient (Wildman–Crippen LogP) is 2.62. The number of aliphatic hydroxyl groups is 1. The van der Waals surface area contributed by atoms with Crippen molar-refractivity contribution in [3.8, 4) is 0 Å². The second-order valence-corrected chi connectivity index (χ2v) is 6.45. The molecule has 8 heteroatoms. The molecule has 0 atom stereocenters. The summed E-state index contributed by atoms with van der Waals surface area (Å²) in [7, 11) is 0. The second kappa shape index (κ2) is 16.8. The highest BCUT2D eigenvalue weighted by atomic mass is 16.4. The molecule has 0 aromatic carbocycles. The average molecular weight is 377 g/mol. The maximum Gasteiger partial charge on any atom is 0.336 e. The first kappa shape index (κ1) is 26.6. The molecule has 8 nitrogen and oxygen atoms in total. The van der Waals surface area contributed by atoms with E-state index in [-0.39, 0.29) is 0 Å². The molecule has 0 heterocycles. The van der Waals surface area contributed by atoms with E-state index in [0.717, 1.165) is 6.54 Å². The molecule has 0 saturated heterocycles. The number of hydrogen-bond donors (Lipinski definition) is 5. The van der Waals surface area contributed by atoms with Crippen molar-refractivity contribution in [3.63, 3.8) is 0 Å². The number of hydrogen-bond acceptors (Lipinski definition) is 5. The van der Waals surface area contributed by atoms with E-state index in [1.807, 2.05) is 0 Å². The van der Waals surface area contributed by atoms with E-state index in [1.165, 1.54) is 64.2 Å². The van der Waals surface area contributed by atoms with Crippen LogP contribution >= 0.6 is 0 Å². The summed E-state index contributed by atoms with van der Waals surface area (Å²) in [5.41, 5.74) is 2.69. The van der Waals surface area contributed by atoms with Crippen LogP contribution in [0.25, 0.3) is 0 Å². The summed E-state index contributed by atoms with van der Waals surface area (Å²) >= 11 is 0. The van der Waals surface area contributed by atoms with Gasteiger partial charge in [-0.05, 0) is 13.0 Å². The molecule has 6 N–H and O–H groups in total. The molecule has 26 heavy (non-hydrogen) atoms. The Balaban J connectivity index is 0. The van der Waals surface area contributed by atoms with Gasteiger partial charge in [-0.1, -0.05) is 64.7 Å². The minimum absolute atomic E-state index is 0.872. The quantitative estimate of drug-likeness (QED) is 0.272. The molecule has 0 amide bonds. The first-order valence-electron chi connectivity index (χ1n) is 9.29. The third-order valence-corrected chi connectivity index (χ3v) is 3.84. The SMILES string of the molecule is CCCCCCCCCCCCN.O=C(O)CC(O)(CC(=O)O)C(=O)O. The molecule has 0 bridgehead atoms. The number of unbranched alkanes of at least 4 members (excludes halogenated alkanes) is 9. The van der Waals surface area contributed by atoms with Gasteiger partial charge in [0.1, 0.15) is 0 Å². The third kappa shape index (κ3) is 17.2. The van der Waals surface area contributed by atoms with Crippen LogP contribution in [0.1, 0.15) is 84.0 Å². The van der Waals surface area contributed by atoms with Gasteiger partial charge in [-0.25, -0.2) is 4.79 Å². The van der Waals surface area contributed by atoms with Gasteiger partial charge < -0.3 is 26.2 Å².